The molecule has 0 saturated heterocycles. The lowest BCUT2D eigenvalue weighted by atomic mass is 9.54. The Morgan fingerprint density at radius 3 is 2.06 bits per heavy atom. The van der Waals surface area contributed by atoms with Gasteiger partial charge in [-0.2, -0.15) is 0 Å². The molecule has 1 saturated carbocycles. The average molecular weight is 256 g/mol. The molecular formula is C16H32O2. The highest BCUT2D eigenvalue weighted by Crippen LogP contribution is 2.52. The molecule has 5 atom stereocenters. The quantitative estimate of drug-likeness (QED) is 0.762. The van der Waals surface area contributed by atoms with Crippen molar-refractivity contribution in [2.45, 2.75) is 72.3 Å². The lowest BCUT2D eigenvalue weighted by molar-refractivity contribution is -0.144. The normalized spacial score (nSPS) is 41.0. The van der Waals surface area contributed by atoms with Gasteiger partial charge in [-0.05, 0) is 37.0 Å². The fourth-order valence-electron chi connectivity index (χ4n) is 4.31. The largest absolute Gasteiger partial charge is 0.396 e. The molecule has 0 radical (unpaired) electrons. The summed E-state index contributed by atoms with van der Waals surface area (Å²) in [6, 6.07) is 0. The molecule has 18 heavy (non-hydrogen) atoms. The van der Waals surface area contributed by atoms with Gasteiger partial charge in [-0.1, -0.05) is 47.0 Å². The second kappa shape index (κ2) is 6.91. The van der Waals surface area contributed by atoms with Crippen LogP contribution in [0.15, 0.2) is 0 Å². The van der Waals surface area contributed by atoms with Crippen LogP contribution in [0.25, 0.3) is 0 Å². The van der Waals surface area contributed by atoms with Crippen molar-refractivity contribution in [3.8, 4) is 0 Å². The van der Waals surface area contributed by atoms with E-state index in [9.17, 15) is 10.2 Å². The van der Waals surface area contributed by atoms with Crippen molar-refractivity contribution in [3.63, 3.8) is 0 Å². The van der Waals surface area contributed by atoms with Gasteiger partial charge in [0, 0.05) is 5.41 Å². The Kier molecular flexibility index (Phi) is 6.13. The molecule has 2 heteroatoms. The van der Waals surface area contributed by atoms with Crippen LogP contribution in [0.1, 0.15) is 66.2 Å². The number of rotatable bonds is 6. The average Bonchev–Trinajstić information content (AvgIpc) is 2.40. The predicted molar refractivity (Wildman–Crippen MR) is 76.4 cm³/mol. The third-order valence-electron chi connectivity index (χ3n) is 5.55. The van der Waals surface area contributed by atoms with Crippen molar-refractivity contribution in [2.24, 2.45) is 23.2 Å². The summed E-state index contributed by atoms with van der Waals surface area (Å²) in [7, 11) is 0. The lowest BCUT2D eigenvalue weighted by Crippen LogP contribution is -2.54. The van der Waals surface area contributed by atoms with E-state index >= 15 is 0 Å². The summed E-state index contributed by atoms with van der Waals surface area (Å²) in [5, 5.41) is 20.7. The van der Waals surface area contributed by atoms with Crippen LogP contribution >= 0.6 is 0 Å². The molecule has 0 aliphatic heterocycles. The smallest absolute Gasteiger partial charge is 0.0649 e. The van der Waals surface area contributed by atoms with E-state index in [4.69, 9.17) is 0 Å². The van der Waals surface area contributed by atoms with Crippen molar-refractivity contribution in [1.29, 1.82) is 0 Å². The summed E-state index contributed by atoms with van der Waals surface area (Å²) < 4.78 is 0. The monoisotopic (exact) mass is 256 g/mol. The van der Waals surface area contributed by atoms with Crippen LogP contribution in [-0.4, -0.2) is 22.9 Å². The fourth-order valence-corrected chi connectivity index (χ4v) is 4.31. The Morgan fingerprint density at radius 2 is 1.67 bits per heavy atom. The molecule has 0 spiro atoms. The minimum atomic E-state index is -0.322. The van der Waals surface area contributed by atoms with Crippen molar-refractivity contribution in [1.82, 2.24) is 0 Å². The molecule has 108 valence electrons. The summed E-state index contributed by atoms with van der Waals surface area (Å²) in [4.78, 5) is 0. The van der Waals surface area contributed by atoms with Gasteiger partial charge >= 0.3 is 0 Å². The minimum Gasteiger partial charge on any atom is -0.396 e. The number of aliphatic hydroxyl groups is 2. The Labute approximate surface area is 113 Å². The maximum absolute atomic E-state index is 10.7. The topological polar surface area (TPSA) is 40.5 Å². The summed E-state index contributed by atoms with van der Waals surface area (Å²) in [6.07, 6.45) is 6.20. The molecular weight excluding hydrogens is 224 g/mol. The van der Waals surface area contributed by atoms with Crippen molar-refractivity contribution in [2.75, 3.05) is 6.61 Å². The van der Waals surface area contributed by atoms with Gasteiger partial charge in [-0.15, -0.1) is 0 Å². The van der Waals surface area contributed by atoms with E-state index in [0.717, 1.165) is 32.1 Å². The maximum atomic E-state index is 10.7. The van der Waals surface area contributed by atoms with Crippen molar-refractivity contribution < 1.29 is 10.2 Å². The molecule has 5 unspecified atom stereocenters. The lowest BCUT2D eigenvalue weighted by Gasteiger charge is -2.53. The first-order chi connectivity index (χ1) is 8.61. The summed E-state index contributed by atoms with van der Waals surface area (Å²) in [6.45, 7) is 8.91. The van der Waals surface area contributed by atoms with Gasteiger partial charge < -0.3 is 10.2 Å². The zero-order valence-electron chi connectivity index (χ0n) is 12.7. The molecule has 2 nitrogen and oxygen atoms in total. The highest BCUT2D eigenvalue weighted by atomic mass is 16.3. The van der Waals surface area contributed by atoms with Gasteiger partial charge in [-0.3, -0.25) is 0 Å². The number of hydrogen-bond acceptors (Lipinski definition) is 2. The van der Waals surface area contributed by atoms with E-state index in [1.807, 2.05) is 0 Å². The number of aliphatic hydroxyl groups excluding tert-OH is 2. The van der Waals surface area contributed by atoms with Crippen molar-refractivity contribution >= 4 is 0 Å². The van der Waals surface area contributed by atoms with Gasteiger partial charge in [0.25, 0.3) is 0 Å². The third-order valence-corrected chi connectivity index (χ3v) is 5.55. The van der Waals surface area contributed by atoms with E-state index in [-0.39, 0.29) is 18.1 Å². The van der Waals surface area contributed by atoms with Gasteiger partial charge in [-0.25, -0.2) is 0 Å². The molecule has 0 bridgehead atoms. The zero-order valence-corrected chi connectivity index (χ0v) is 12.7. The Morgan fingerprint density at radius 1 is 1.06 bits per heavy atom. The van der Waals surface area contributed by atoms with Crippen LogP contribution in [0.4, 0.5) is 0 Å². The van der Waals surface area contributed by atoms with Crippen LogP contribution in [0, 0.1) is 23.2 Å². The third kappa shape index (κ3) is 2.60. The molecule has 1 aliphatic carbocycles. The first kappa shape index (κ1) is 16.0. The van der Waals surface area contributed by atoms with Crippen molar-refractivity contribution in [3.05, 3.63) is 0 Å². The fraction of sp³-hybridized carbons (Fsp3) is 1.00. The Hall–Kier alpha value is -0.0800. The minimum absolute atomic E-state index is 0.141. The maximum Gasteiger partial charge on any atom is 0.0649 e. The van der Waals surface area contributed by atoms with Crippen LogP contribution in [0.2, 0.25) is 0 Å². The molecule has 1 fully saturated rings. The summed E-state index contributed by atoms with van der Waals surface area (Å²) in [5.41, 5.74) is -0.254. The molecule has 0 aromatic heterocycles. The van der Waals surface area contributed by atoms with E-state index in [0.29, 0.717) is 17.8 Å². The molecule has 0 aromatic rings. The van der Waals surface area contributed by atoms with Gasteiger partial charge in [0.15, 0.2) is 0 Å². The SMILES string of the molecule is CCCC1C(CC)CC(CC)C(O)C1(CC)CO. The van der Waals surface area contributed by atoms with E-state index in [1.165, 1.54) is 6.42 Å². The molecule has 2 N–H and O–H groups in total. The first-order valence-electron chi connectivity index (χ1n) is 7.90. The van der Waals surface area contributed by atoms with E-state index in [2.05, 4.69) is 27.7 Å². The van der Waals surface area contributed by atoms with E-state index < -0.39 is 0 Å². The Balaban J connectivity index is 3.08. The molecule has 1 aliphatic rings. The second-order valence-corrected chi connectivity index (χ2v) is 6.16. The summed E-state index contributed by atoms with van der Waals surface area (Å²) in [5.74, 6) is 1.53. The van der Waals surface area contributed by atoms with Crippen LogP contribution < -0.4 is 0 Å². The first-order valence-corrected chi connectivity index (χ1v) is 7.90. The predicted octanol–water partition coefficient (Wildman–Crippen LogP) is 3.61. The summed E-state index contributed by atoms with van der Waals surface area (Å²) >= 11 is 0. The Bertz CT molecular complexity index is 235. The van der Waals surface area contributed by atoms with E-state index in [1.54, 1.807) is 0 Å². The van der Waals surface area contributed by atoms with Crippen LogP contribution in [0.3, 0.4) is 0 Å². The highest BCUT2D eigenvalue weighted by molar-refractivity contribution is 5.00. The van der Waals surface area contributed by atoms with Gasteiger partial charge in [0.2, 0.25) is 0 Å². The highest BCUT2D eigenvalue weighted by Gasteiger charge is 2.51. The molecule has 0 amide bonds. The van der Waals surface area contributed by atoms with Gasteiger partial charge in [0.1, 0.15) is 0 Å². The van der Waals surface area contributed by atoms with Gasteiger partial charge in [0.05, 0.1) is 12.7 Å². The molecule has 0 heterocycles. The van der Waals surface area contributed by atoms with Crippen LogP contribution in [0.5, 0.6) is 0 Å². The standard InChI is InChI=1S/C16H32O2/c1-5-9-14-12(6-2)10-13(7-3)15(18)16(14,8-4)11-17/h12-15,17-18H,5-11H2,1-4H3. The molecule has 0 aromatic carbocycles. The molecule has 1 rings (SSSR count). The number of hydrogen-bond donors (Lipinski definition) is 2. The second-order valence-electron chi connectivity index (χ2n) is 6.16. The van der Waals surface area contributed by atoms with Crippen LogP contribution in [-0.2, 0) is 0 Å². The zero-order chi connectivity index (χ0) is 13.8.